The third kappa shape index (κ3) is 25.9. The Morgan fingerprint density at radius 2 is 1.13 bits per heavy atom. The van der Waals surface area contributed by atoms with Gasteiger partial charge >= 0.3 is 11.9 Å². The lowest BCUT2D eigenvalue weighted by atomic mass is 10.0. The minimum atomic E-state index is -0.990. The monoisotopic (exact) mass is 730 g/mol. The van der Waals surface area contributed by atoms with Crippen molar-refractivity contribution in [1.82, 2.24) is 10.2 Å². The topological polar surface area (TPSA) is 139 Å². The van der Waals surface area contributed by atoms with E-state index >= 15 is 0 Å². The average molecular weight is 730 g/mol. The van der Waals surface area contributed by atoms with Crippen LogP contribution in [0.4, 0.5) is 0 Å². The van der Waals surface area contributed by atoms with Crippen molar-refractivity contribution in [3.8, 4) is 0 Å². The molecular weight excluding hydrogens is 654 g/mol. The third-order valence-electron chi connectivity index (χ3n) is 9.85. The Bertz CT molecular complexity index is 1030. The number of carboxylic acid groups (broad SMARTS) is 1. The highest BCUT2D eigenvalue weighted by Crippen LogP contribution is 2.15. The predicted octanol–water partition coefficient (Wildman–Crippen LogP) is 9.64. The first-order valence-corrected chi connectivity index (χ1v) is 21.0. The quantitative estimate of drug-likeness (QED) is 0.0467. The van der Waals surface area contributed by atoms with Crippen molar-refractivity contribution in [1.29, 1.82) is 0 Å². The number of nitrogens with zero attached hydrogens (tertiary/aromatic N) is 1. The van der Waals surface area contributed by atoms with E-state index in [4.69, 9.17) is 10.5 Å². The summed E-state index contributed by atoms with van der Waals surface area (Å²) >= 11 is 0. The largest absolute Gasteiger partial charge is 0.481 e. The molecule has 0 heterocycles. The van der Waals surface area contributed by atoms with Crippen molar-refractivity contribution in [2.24, 2.45) is 5.73 Å². The van der Waals surface area contributed by atoms with Crippen LogP contribution in [0.1, 0.15) is 186 Å². The number of rotatable bonds is 35. The van der Waals surface area contributed by atoms with Crippen LogP contribution in [0, 0.1) is 0 Å². The van der Waals surface area contributed by atoms with E-state index in [0.29, 0.717) is 32.4 Å². The Labute approximate surface area is 316 Å². The SMILES string of the molecule is CCCCCCCCCCCCN(CCCCCCCCCCCC)C(=O)[C@H](CCC(=O)O)NC(=O)CCCCC(N)C(=O)OCc1ccccc1. The minimum absolute atomic E-state index is 0.0601. The maximum Gasteiger partial charge on any atom is 0.323 e. The Morgan fingerprint density at radius 3 is 1.62 bits per heavy atom. The first kappa shape index (κ1) is 47.1. The molecule has 2 atom stereocenters. The van der Waals surface area contributed by atoms with E-state index < -0.39 is 24.0 Å². The first-order chi connectivity index (χ1) is 25.3. The van der Waals surface area contributed by atoms with Crippen molar-refractivity contribution < 1.29 is 29.0 Å². The number of ether oxygens (including phenoxy) is 1. The molecule has 52 heavy (non-hydrogen) atoms. The van der Waals surface area contributed by atoms with Crippen LogP contribution >= 0.6 is 0 Å². The molecule has 0 saturated heterocycles. The van der Waals surface area contributed by atoms with Crippen molar-refractivity contribution in [2.75, 3.05) is 13.1 Å². The number of carbonyl (C=O) groups is 4. The van der Waals surface area contributed by atoms with Gasteiger partial charge in [0.2, 0.25) is 11.8 Å². The predicted molar refractivity (Wildman–Crippen MR) is 212 cm³/mol. The van der Waals surface area contributed by atoms with Gasteiger partial charge in [-0.1, -0.05) is 166 Å². The molecule has 9 heteroatoms. The molecule has 0 aliphatic heterocycles. The van der Waals surface area contributed by atoms with E-state index in [1.807, 2.05) is 35.2 Å². The van der Waals surface area contributed by atoms with Gasteiger partial charge in [0.25, 0.3) is 0 Å². The highest BCUT2D eigenvalue weighted by molar-refractivity contribution is 5.88. The molecule has 0 spiro atoms. The van der Waals surface area contributed by atoms with Gasteiger partial charge in [0.05, 0.1) is 0 Å². The van der Waals surface area contributed by atoms with E-state index in [9.17, 15) is 24.3 Å². The number of hydrogen-bond acceptors (Lipinski definition) is 6. The Morgan fingerprint density at radius 1 is 0.654 bits per heavy atom. The third-order valence-corrected chi connectivity index (χ3v) is 9.85. The molecule has 0 aromatic heterocycles. The second-order valence-corrected chi connectivity index (χ2v) is 14.7. The second kappa shape index (κ2) is 32.7. The number of nitrogens with two attached hydrogens (primary N) is 1. The Hall–Kier alpha value is -2.94. The normalized spacial score (nSPS) is 12.3. The zero-order valence-electron chi connectivity index (χ0n) is 33.1. The highest BCUT2D eigenvalue weighted by Gasteiger charge is 2.26. The Kier molecular flexibility index (Phi) is 29.6. The summed E-state index contributed by atoms with van der Waals surface area (Å²) in [6, 6.07) is 7.76. The maximum absolute atomic E-state index is 13.9. The van der Waals surface area contributed by atoms with Gasteiger partial charge in [-0.2, -0.15) is 0 Å². The smallest absolute Gasteiger partial charge is 0.323 e. The molecule has 298 valence electrons. The van der Waals surface area contributed by atoms with Crippen molar-refractivity contribution in [3.63, 3.8) is 0 Å². The van der Waals surface area contributed by atoms with Gasteiger partial charge in [0, 0.05) is 25.9 Å². The van der Waals surface area contributed by atoms with Gasteiger partial charge in [-0.3, -0.25) is 19.2 Å². The number of carboxylic acids is 1. The summed E-state index contributed by atoms with van der Waals surface area (Å²) in [7, 11) is 0. The van der Waals surface area contributed by atoms with Crippen LogP contribution in [0.25, 0.3) is 0 Å². The van der Waals surface area contributed by atoms with Crippen LogP contribution in [0.2, 0.25) is 0 Å². The molecule has 1 rings (SSSR count). The minimum Gasteiger partial charge on any atom is -0.481 e. The van der Waals surface area contributed by atoms with E-state index in [0.717, 1.165) is 44.1 Å². The summed E-state index contributed by atoms with van der Waals surface area (Å²) in [6.07, 6.45) is 25.7. The van der Waals surface area contributed by atoms with Crippen molar-refractivity contribution >= 4 is 23.8 Å². The molecule has 9 nitrogen and oxygen atoms in total. The molecule has 0 bridgehead atoms. The Balaban J connectivity index is 2.61. The number of unbranched alkanes of at least 4 members (excludes halogenated alkanes) is 19. The summed E-state index contributed by atoms with van der Waals surface area (Å²) in [4.78, 5) is 52.6. The molecule has 2 amide bonds. The van der Waals surface area contributed by atoms with Gasteiger partial charge in [-0.25, -0.2) is 0 Å². The number of esters is 1. The van der Waals surface area contributed by atoms with Gasteiger partial charge in [0.1, 0.15) is 18.7 Å². The summed E-state index contributed by atoms with van der Waals surface area (Å²) in [5.41, 5.74) is 6.92. The molecule has 1 aromatic carbocycles. The molecule has 1 unspecified atom stereocenters. The van der Waals surface area contributed by atoms with Crippen LogP contribution < -0.4 is 11.1 Å². The van der Waals surface area contributed by atoms with Crippen LogP contribution in [-0.2, 0) is 30.5 Å². The fraction of sp³-hybridized carbons (Fsp3) is 0.767. The number of hydrogen-bond donors (Lipinski definition) is 3. The van der Waals surface area contributed by atoms with Crippen molar-refractivity contribution in [2.45, 2.75) is 199 Å². The number of amides is 2. The second-order valence-electron chi connectivity index (χ2n) is 14.7. The molecule has 0 fully saturated rings. The van der Waals surface area contributed by atoms with Crippen LogP contribution in [0.15, 0.2) is 30.3 Å². The van der Waals surface area contributed by atoms with E-state index in [1.165, 1.54) is 89.9 Å². The molecule has 0 aliphatic rings. The van der Waals surface area contributed by atoms with Gasteiger partial charge in [-0.15, -0.1) is 0 Å². The fourth-order valence-electron chi connectivity index (χ4n) is 6.53. The van der Waals surface area contributed by atoms with Gasteiger partial charge < -0.3 is 25.8 Å². The average Bonchev–Trinajstić information content (AvgIpc) is 3.14. The maximum atomic E-state index is 13.9. The molecule has 4 N–H and O–H groups in total. The number of benzene rings is 1. The summed E-state index contributed by atoms with van der Waals surface area (Å²) < 4.78 is 5.32. The molecule has 0 radical (unpaired) electrons. The van der Waals surface area contributed by atoms with E-state index in [2.05, 4.69) is 19.2 Å². The van der Waals surface area contributed by atoms with Gasteiger partial charge in [0.15, 0.2) is 0 Å². The van der Waals surface area contributed by atoms with Crippen molar-refractivity contribution in [3.05, 3.63) is 35.9 Å². The molecule has 0 saturated carbocycles. The first-order valence-electron chi connectivity index (χ1n) is 21.0. The zero-order chi connectivity index (χ0) is 38.1. The number of aliphatic carboxylic acids is 1. The van der Waals surface area contributed by atoms with Crippen LogP contribution in [-0.4, -0.2) is 58.9 Å². The summed E-state index contributed by atoms with van der Waals surface area (Å²) in [6.45, 7) is 5.90. The lowest BCUT2D eigenvalue weighted by molar-refractivity contribution is -0.146. The van der Waals surface area contributed by atoms with E-state index in [-0.39, 0.29) is 37.7 Å². The molecule has 1 aromatic rings. The van der Waals surface area contributed by atoms with Crippen LogP contribution in [0.3, 0.4) is 0 Å². The standard InChI is InChI=1S/C43H75N3O6/c1-3-5-7-9-11-13-15-17-19-26-34-46(35-27-20-18-16-14-12-10-8-6-4-2)42(50)39(32-33-41(48)49)45-40(47)31-25-24-30-38(44)43(51)52-36-37-28-22-21-23-29-37/h21-23,28-29,38-39H,3-20,24-27,30-36,44H2,1-2H3,(H,45,47)(H,48,49)/t38?,39-/m0/s1. The van der Waals surface area contributed by atoms with Crippen LogP contribution in [0.5, 0.6) is 0 Å². The number of carbonyl (C=O) groups excluding carboxylic acids is 3. The molecular formula is C43H75N3O6. The summed E-state index contributed by atoms with van der Waals surface area (Å²) in [5, 5.41) is 12.3. The highest BCUT2D eigenvalue weighted by atomic mass is 16.5. The lowest BCUT2D eigenvalue weighted by Crippen LogP contribution is -2.49. The molecule has 0 aliphatic carbocycles. The summed E-state index contributed by atoms with van der Waals surface area (Å²) in [5.74, 6) is -1.93. The fourth-order valence-corrected chi connectivity index (χ4v) is 6.53. The zero-order valence-corrected chi connectivity index (χ0v) is 33.1. The van der Waals surface area contributed by atoms with E-state index in [1.54, 1.807) is 0 Å². The number of nitrogens with one attached hydrogen (secondary N) is 1. The lowest BCUT2D eigenvalue weighted by Gasteiger charge is -2.28. The van der Waals surface area contributed by atoms with Gasteiger partial charge in [-0.05, 0) is 37.7 Å².